The molecule has 0 atom stereocenters. The van der Waals surface area contributed by atoms with Crippen LogP contribution >= 0.6 is 0 Å². The molecule has 2 rings (SSSR count). The number of para-hydroxylation sites is 2. The van der Waals surface area contributed by atoms with E-state index in [1.165, 1.54) is 0 Å². The van der Waals surface area contributed by atoms with Gasteiger partial charge in [-0.2, -0.15) is 0 Å². The number of hydrazine groups is 2. The SMILES string of the molecule is NNc1ccccc1.NNc1ccccc1.O=[Te]([O-])[O-].[K+].[K+]. The zero-order valence-electron chi connectivity index (χ0n) is 12.6. The third kappa shape index (κ3) is 19.8. The largest absolute Gasteiger partial charge is 1.00 e. The molecule has 110 valence electrons. The molecule has 2 aromatic carbocycles. The van der Waals surface area contributed by atoms with Gasteiger partial charge < -0.3 is 10.9 Å². The molecule has 2 aromatic rings. The summed E-state index contributed by atoms with van der Waals surface area (Å²) in [5.41, 5.74) is 6.93. The summed E-state index contributed by atoms with van der Waals surface area (Å²) >= 11 is -4.11. The van der Waals surface area contributed by atoms with E-state index < -0.39 is 20.4 Å². The Morgan fingerprint density at radius 2 is 0.955 bits per heavy atom. The summed E-state index contributed by atoms with van der Waals surface area (Å²) in [6.07, 6.45) is 0. The fourth-order valence-electron chi connectivity index (χ4n) is 1.07. The quantitative estimate of drug-likeness (QED) is 0.195. The third-order valence-corrected chi connectivity index (χ3v) is 1.88. The number of anilines is 2. The Morgan fingerprint density at radius 1 is 0.727 bits per heavy atom. The molecule has 0 radical (unpaired) electrons. The number of nitrogens with one attached hydrogen (secondary N) is 2. The molecule has 0 saturated heterocycles. The van der Waals surface area contributed by atoms with Gasteiger partial charge in [-0.3, -0.25) is 11.7 Å². The molecule has 0 amide bonds. The second kappa shape index (κ2) is 20.8. The molecule has 7 nitrogen and oxygen atoms in total. The Labute approximate surface area is 223 Å². The Hall–Kier alpha value is 1.74. The van der Waals surface area contributed by atoms with Crippen LogP contribution in [0.5, 0.6) is 0 Å². The smallest absolute Gasteiger partial charge is 1.00 e. The van der Waals surface area contributed by atoms with Gasteiger partial charge in [0.1, 0.15) is 0 Å². The fourth-order valence-corrected chi connectivity index (χ4v) is 1.07. The number of benzene rings is 2. The zero-order valence-corrected chi connectivity index (χ0v) is 21.1. The van der Waals surface area contributed by atoms with E-state index in [1.54, 1.807) is 0 Å². The maximum absolute atomic E-state index is 8.59. The van der Waals surface area contributed by atoms with Crippen molar-refractivity contribution >= 4 is 31.7 Å². The van der Waals surface area contributed by atoms with Crippen LogP contribution < -0.4 is 132 Å². The van der Waals surface area contributed by atoms with Crippen molar-refractivity contribution in [1.29, 1.82) is 0 Å². The Balaban J connectivity index is -0.000000249. The number of hydrogen-bond acceptors (Lipinski definition) is 7. The van der Waals surface area contributed by atoms with E-state index in [4.69, 9.17) is 21.7 Å². The van der Waals surface area contributed by atoms with Crippen molar-refractivity contribution in [2.75, 3.05) is 10.9 Å². The number of nitrogen functional groups attached to an aromatic ring is 2. The number of rotatable bonds is 2. The van der Waals surface area contributed by atoms with Crippen molar-refractivity contribution in [3.63, 3.8) is 0 Å². The van der Waals surface area contributed by atoms with Crippen LogP contribution in [0.3, 0.4) is 0 Å². The normalized spacial score (nSPS) is 7.86. The van der Waals surface area contributed by atoms with Crippen LogP contribution in [0.4, 0.5) is 11.4 Å². The van der Waals surface area contributed by atoms with Crippen LogP contribution in [0.2, 0.25) is 0 Å². The van der Waals surface area contributed by atoms with E-state index in [0.717, 1.165) is 11.4 Å². The molecule has 0 aliphatic carbocycles. The third-order valence-electron chi connectivity index (χ3n) is 1.88. The van der Waals surface area contributed by atoms with Crippen molar-refractivity contribution in [2.24, 2.45) is 11.7 Å². The van der Waals surface area contributed by atoms with Crippen molar-refractivity contribution < 1.29 is 113 Å². The monoisotopic (exact) mass is 472 g/mol. The number of hydrogen-bond donors (Lipinski definition) is 4. The predicted molar refractivity (Wildman–Crippen MR) is 74.9 cm³/mol. The molecule has 10 heteroatoms. The first-order valence-corrected chi connectivity index (χ1v) is 8.25. The first-order chi connectivity index (χ1) is 9.60. The van der Waals surface area contributed by atoms with Crippen LogP contribution in [0, 0.1) is 0 Å². The molecule has 0 heterocycles. The molecule has 0 aliphatic heterocycles. The molecule has 0 unspecified atom stereocenters. The Bertz CT molecular complexity index is 437. The van der Waals surface area contributed by atoms with E-state index in [-0.39, 0.29) is 103 Å². The predicted octanol–water partition coefficient (Wildman–Crippen LogP) is -6.93. The van der Waals surface area contributed by atoms with Crippen LogP contribution in [-0.4, -0.2) is 20.4 Å². The van der Waals surface area contributed by atoms with Crippen LogP contribution in [0.25, 0.3) is 0 Å². The summed E-state index contributed by atoms with van der Waals surface area (Å²) in [6, 6.07) is 19.2. The molecule has 22 heavy (non-hydrogen) atoms. The van der Waals surface area contributed by atoms with Crippen molar-refractivity contribution in [3.8, 4) is 0 Å². The van der Waals surface area contributed by atoms with Crippen molar-refractivity contribution in [1.82, 2.24) is 0 Å². The minimum atomic E-state index is -4.11. The average Bonchev–Trinajstić information content (AvgIpc) is 2.49. The maximum atomic E-state index is 8.59. The number of nitrogens with two attached hydrogens (primary N) is 2. The molecule has 0 bridgehead atoms. The van der Waals surface area contributed by atoms with Gasteiger partial charge in [0.15, 0.2) is 0 Å². The molecule has 0 fully saturated rings. The van der Waals surface area contributed by atoms with E-state index in [2.05, 4.69) is 10.9 Å². The first-order valence-electron chi connectivity index (χ1n) is 5.40. The second-order valence-corrected chi connectivity index (χ2v) is 4.39. The van der Waals surface area contributed by atoms with Crippen LogP contribution in [-0.2, 0) is 3.10 Å². The summed E-state index contributed by atoms with van der Waals surface area (Å²) in [7, 11) is 0. The van der Waals surface area contributed by atoms with Gasteiger partial charge in [-0.1, -0.05) is 36.4 Å². The van der Waals surface area contributed by atoms with Crippen LogP contribution in [0.1, 0.15) is 0 Å². The second-order valence-electron chi connectivity index (χ2n) is 3.22. The Kier molecular flexibility index (Phi) is 27.0. The topological polar surface area (TPSA) is 139 Å². The zero-order chi connectivity index (χ0) is 15.2. The summed E-state index contributed by atoms with van der Waals surface area (Å²) in [4.78, 5) is 0. The summed E-state index contributed by atoms with van der Waals surface area (Å²) in [5.74, 6) is 10.2. The molecule has 0 saturated carbocycles. The van der Waals surface area contributed by atoms with Crippen molar-refractivity contribution in [3.05, 3.63) is 60.7 Å². The van der Waals surface area contributed by atoms with Gasteiger partial charge in [0, 0.05) is 11.4 Å². The fraction of sp³-hybridized carbons (Fsp3) is 0. The summed E-state index contributed by atoms with van der Waals surface area (Å²) in [5, 5.41) is 0. The summed E-state index contributed by atoms with van der Waals surface area (Å²) < 4.78 is 25.8. The molecule has 0 aliphatic rings. The van der Waals surface area contributed by atoms with Gasteiger partial charge in [-0.15, -0.1) is 0 Å². The minimum absolute atomic E-state index is 0. The van der Waals surface area contributed by atoms with Gasteiger partial charge in [-0.05, 0) is 24.3 Å². The van der Waals surface area contributed by atoms with Gasteiger partial charge >= 0.3 is 133 Å². The standard InChI is InChI=1S/2C6H8N2.2K.H2O3Te/c2*7-8-6-4-2-1-3-5-6;;;1-4(2)3/h2*1-5,8H,7H2;;;(H2,1,2,3)/q;;2*+1;/p-2. The minimum Gasteiger partial charge on any atom is 1.00 e. The van der Waals surface area contributed by atoms with E-state index >= 15 is 0 Å². The van der Waals surface area contributed by atoms with Gasteiger partial charge in [0.05, 0.1) is 0 Å². The van der Waals surface area contributed by atoms with Gasteiger partial charge in [0.2, 0.25) is 0 Å². The van der Waals surface area contributed by atoms with E-state index in [0.29, 0.717) is 0 Å². The molecular formula is C12H16K2N4O3Te. The maximum Gasteiger partial charge on any atom is 1.00 e. The molecular weight excluding hydrogens is 454 g/mol. The molecule has 0 aromatic heterocycles. The van der Waals surface area contributed by atoms with E-state index in [9.17, 15) is 0 Å². The molecule has 0 spiro atoms. The van der Waals surface area contributed by atoms with Gasteiger partial charge in [0.25, 0.3) is 0 Å². The molecule has 6 N–H and O–H groups in total. The van der Waals surface area contributed by atoms with Crippen molar-refractivity contribution in [2.45, 2.75) is 0 Å². The van der Waals surface area contributed by atoms with Crippen LogP contribution in [0.15, 0.2) is 60.7 Å². The Morgan fingerprint density at radius 3 is 1.09 bits per heavy atom. The van der Waals surface area contributed by atoms with E-state index in [1.807, 2.05) is 60.7 Å². The summed E-state index contributed by atoms with van der Waals surface area (Å²) in [6.45, 7) is 0. The average molecular weight is 470 g/mol. The first kappa shape index (κ1) is 28.5. The van der Waals surface area contributed by atoms with Gasteiger partial charge in [-0.25, -0.2) is 0 Å².